The molecule has 2 N–H and O–H groups in total. The second-order valence-corrected chi connectivity index (χ2v) is 7.62. The molecule has 1 aliphatic rings. The van der Waals surface area contributed by atoms with Crippen LogP contribution in [0.3, 0.4) is 0 Å². The maximum Gasteiger partial charge on any atom is 0.202 e. The summed E-state index contributed by atoms with van der Waals surface area (Å²) in [7, 11) is 3.53. The van der Waals surface area contributed by atoms with Gasteiger partial charge in [0.2, 0.25) is 5.78 Å². The molecule has 2 aromatic carbocycles. The van der Waals surface area contributed by atoms with E-state index in [0.29, 0.717) is 18.8 Å². The van der Waals surface area contributed by atoms with Crippen LogP contribution >= 0.6 is 0 Å². The normalized spacial score (nSPS) is 15.6. The molecule has 4 aromatic rings. The number of Topliss-reactive ketones (excluding diaryl/α,β-unsaturated/α-hetero) is 1. The van der Waals surface area contributed by atoms with Crippen LogP contribution in [0.1, 0.15) is 33.6 Å². The minimum Gasteiger partial charge on any atom is -0.497 e. The lowest BCUT2D eigenvalue weighted by Crippen LogP contribution is -2.35. The van der Waals surface area contributed by atoms with E-state index < -0.39 is 6.04 Å². The lowest BCUT2D eigenvalue weighted by molar-refractivity contribution is 0.0922. The lowest BCUT2D eigenvalue weighted by atomic mass is 9.96. The Hall–Kier alpha value is -3.75. The quantitative estimate of drug-likeness (QED) is 0.491. The summed E-state index contributed by atoms with van der Waals surface area (Å²) in [5.74, 6) is 1.70. The second kappa shape index (κ2) is 8.41. The largest absolute Gasteiger partial charge is 0.497 e. The van der Waals surface area contributed by atoms with Gasteiger partial charge in [0.25, 0.3) is 0 Å². The molecule has 0 fully saturated rings. The van der Waals surface area contributed by atoms with Crippen LogP contribution in [-0.4, -0.2) is 39.0 Å². The molecule has 162 valence electrons. The van der Waals surface area contributed by atoms with Crippen molar-refractivity contribution in [2.45, 2.75) is 19.1 Å². The van der Waals surface area contributed by atoms with Gasteiger partial charge in [0, 0.05) is 30.3 Å². The fourth-order valence-electron chi connectivity index (χ4n) is 4.10. The number of ketones is 1. The Labute approximate surface area is 185 Å². The first kappa shape index (κ1) is 20.2. The number of nitrogens with one attached hydrogen (secondary N) is 2. The van der Waals surface area contributed by atoms with E-state index >= 15 is 0 Å². The predicted molar refractivity (Wildman–Crippen MR) is 120 cm³/mol. The second-order valence-electron chi connectivity index (χ2n) is 7.62. The first-order chi connectivity index (χ1) is 15.7. The fourth-order valence-corrected chi connectivity index (χ4v) is 4.10. The van der Waals surface area contributed by atoms with Crippen LogP contribution in [0.5, 0.6) is 5.75 Å². The van der Waals surface area contributed by atoms with Crippen LogP contribution < -0.4 is 15.4 Å². The van der Waals surface area contributed by atoms with E-state index in [1.165, 1.54) is 0 Å². The van der Waals surface area contributed by atoms with Gasteiger partial charge in [-0.15, -0.1) is 0 Å². The first-order valence-corrected chi connectivity index (χ1v) is 10.4. The molecule has 1 unspecified atom stereocenters. The van der Waals surface area contributed by atoms with Gasteiger partial charge in [-0.2, -0.15) is 0 Å². The van der Waals surface area contributed by atoms with E-state index in [-0.39, 0.29) is 5.78 Å². The molecule has 0 saturated carbocycles. The maximum atomic E-state index is 13.5. The predicted octanol–water partition coefficient (Wildman–Crippen LogP) is 2.81. The number of carbonyl (C=O) groups is 1. The summed E-state index contributed by atoms with van der Waals surface area (Å²) in [6, 6.07) is 15.2. The Morgan fingerprint density at radius 2 is 1.78 bits per heavy atom. The molecule has 0 radical (unpaired) electrons. The van der Waals surface area contributed by atoms with E-state index in [2.05, 4.69) is 20.6 Å². The summed E-state index contributed by atoms with van der Waals surface area (Å²) in [6.07, 6.45) is 5.43. The van der Waals surface area contributed by atoms with Gasteiger partial charge in [-0.05, 0) is 49.0 Å². The monoisotopic (exact) mass is 428 g/mol. The number of aromatic nitrogens is 4. The van der Waals surface area contributed by atoms with E-state index in [1.54, 1.807) is 19.6 Å². The molecule has 2 aromatic heterocycles. The zero-order chi connectivity index (χ0) is 22.1. The standard InChI is InChI=1S/C24H24N6O2/c1-25-14-21-26-11-12-29(21)17-5-3-16(4-6-17)22-24(31)23-20(13-27-22)28-15-30(23)18-7-9-19(32-2)10-8-18/h3-12,15,22,25,27H,13-14H2,1-2H3. The lowest BCUT2D eigenvalue weighted by Gasteiger charge is -2.24. The molecule has 5 rings (SSSR count). The molecule has 0 amide bonds. The topological polar surface area (TPSA) is 86.0 Å². The Morgan fingerprint density at radius 1 is 1.06 bits per heavy atom. The van der Waals surface area contributed by atoms with Crippen molar-refractivity contribution >= 4 is 5.78 Å². The molecule has 8 heteroatoms. The van der Waals surface area contributed by atoms with E-state index in [4.69, 9.17) is 4.74 Å². The van der Waals surface area contributed by atoms with Crippen molar-refractivity contribution in [2.75, 3.05) is 14.2 Å². The van der Waals surface area contributed by atoms with E-state index in [0.717, 1.165) is 34.2 Å². The number of benzene rings is 2. The summed E-state index contributed by atoms with van der Waals surface area (Å²) in [5.41, 5.74) is 4.18. The highest BCUT2D eigenvalue weighted by Gasteiger charge is 2.32. The Morgan fingerprint density at radius 3 is 2.50 bits per heavy atom. The van der Waals surface area contributed by atoms with Crippen molar-refractivity contribution in [1.82, 2.24) is 29.7 Å². The third-order valence-corrected chi connectivity index (χ3v) is 5.72. The zero-order valence-electron chi connectivity index (χ0n) is 17.9. The molecule has 1 atom stereocenters. The third-order valence-electron chi connectivity index (χ3n) is 5.72. The molecule has 0 saturated heterocycles. The highest BCUT2D eigenvalue weighted by molar-refractivity contribution is 6.01. The minimum absolute atomic E-state index is 0.00539. The van der Waals surface area contributed by atoms with Crippen LogP contribution in [0.15, 0.2) is 67.3 Å². The third kappa shape index (κ3) is 3.49. The van der Waals surface area contributed by atoms with Crippen LogP contribution in [0, 0.1) is 0 Å². The molecule has 32 heavy (non-hydrogen) atoms. The molecule has 3 heterocycles. The number of rotatable bonds is 6. The summed E-state index contributed by atoms with van der Waals surface area (Å²) in [6.45, 7) is 1.21. The van der Waals surface area contributed by atoms with E-state index in [9.17, 15) is 4.79 Å². The van der Waals surface area contributed by atoms with Crippen LogP contribution in [-0.2, 0) is 13.1 Å². The Balaban J connectivity index is 1.43. The van der Waals surface area contributed by atoms with Gasteiger partial charge in [0.1, 0.15) is 23.6 Å². The average Bonchev–Trinajstić information content (AvgIpc) is 3.48. The van der Waals surface area contributed by atoms with Crippen molar-refractivity contribution in [3.05, 3.63) is 90.0 Å². The number of hydrogen-bond donors (Lipinski definition) is 2. The van der Waals surface area contributed by atoms with Crippen molar-refractivity contribution in [3.8, 4) is 17.1 Å². The minimum atomic E-state index is -0.426. The number of carbonyl (C=O) groups excluding carboxylic acids is 1. The van der Waals surface area contributed by atoms with Crippen LogP contribution in [0.2, 0.25) is 0 Å². The molecule has 0 aliphatic carbocycles. The maximum absolute atomic E-state index is 13.5. The van der Waals surface area contributed by atoms with Crippen molar-refractivity contribution in [2.24, 2.45) is 0 Å². The molecule has 0 spiro atoms. The Kier molecular flexibility index (Phi) is 5.30. The number of imidazole rings is 2. The highest BCUT2D eigenvalue weighted by Crippen LogP contribution is 2.28. The van der Waals surface area contributed by atoms with Gasteiger partial charge in [-0.1, -0.05) is 12.1 Å². The number of fused-ring (bicyclic) bond motifs is 1. The van der Waals surface area contributed by atoms with Gasteiger partial charge >= 0.3 is 0 Å². The van der Waals surface area contributed by atoms with Crippen LogP contribution in [0.4, 0.5) is 0 Å². The molecule has 8 nitrogen and oxygen atoms in total. The number of nitrogens with zero attached hydrogens (tertiary/aromatic N) is 4. The van der Waals surface area contributed by atoms with Gasteiger partial charge in [0.05, 0.1) is 25.4 Å². The average molecular weight is 428 g/mol. The molecular formula is C24H24N6O2. The van der Waals surface area contributed by atoms with Gasteiger partial charge in [0.15, 0.2) is 0 Å². The zero-order valence-corrected chi connectivity index (χ0v) is 17.9. The highest BCUT2D eigenvalue weighted by atomic mass is 16.5. The van der Waals surface area contributed by atoms with Crippen molar-refractivity contribution in [3.63, 3.8) is 0 Å². The fraction of sp³-hybridized carbons (Fsp3) is 0.208. The SMILES string of the molecule is CNCc1nccn1-c1ccc(C2NCc3ncn(-c4ccc(OC)cc4)c3C2=O)cc1. The summed E-state index contributed by atoms with van der Waals surface area (Å²) in [5, 5.41) is 6.46. The van der Waals surface area contributed by atoms with Gasteiger partial charge in [-0.25, -0.2) is 9.97 Å². The molecule has 0 bridgehead atoms. The van der Waals surface area contributed by atoms with Crippen molar-refractivity contribution in [1.29, 1.82) is 0 Å². The summed E-state index contributed by atoms with van der Waals surface area (Å²) in [4.78, 5) is 22.3. The van der Waals surface area contributed by atoms with Crippen LogP contribution in [0.25, 0.3) is 11.4 Å². The Bertz CT molecular complexity index is 1240. The van der Waals surface area contributed by atoms with Crippen molar-refractivity contribution < 1.29 is 9.53 Å². The van der Waals surface area contributed by atoms with E-state index in [1.807, 2.05) is 70.9 Å². The molecule has 1 aliphatic heterocycles. The first-order valence-electron chi connectivity index (χ1n) is 10.4. The van der Waals surface area contributed by atoms with Gasteiger partial charge < -0.3 is 14.6 Å². The number of ether oxygens (including phenoxy) is 1. The number of hydrogen-bond acceptors (Lipinski definition) is 6. The number of methoxy groups -OCH3 is 1. The summed E-state index contributed by atoms with van der Waals surface area (Å²) >= 11 is 0. The summed E-state index contributed by atoms with van der Waals surface area (Å²) < 4.78 is 9.13. The molecular weight excluding hydrogens is 404 g/mol. The smallest absolute Gasteiger partial charge is 0.202 e. The van der Waals surface area contributed by atoms with Gasteiger partial charge in [-0.3, -0.25) is 14.7 Å².